The summed E-state index contributed by atoms with van der Waals surface area (Å²) in [6, 6.07) is 0.965. The van der Waals surface area contributed by atoms with E-state index in [-0.39, 0.29) is 0 Å². The van der Waals surface area contributed by atoms with E-state index in [2.05, 4.69) is 10.6 Å². The molecule has 9 aliphatic carbocycles. The summed E-state index contributed by atoms with van der Waals surface area (Å²) in [5.41, 5.74) is 0.680. The van der Waals surface area contributed by atoms with Crippen LogP contribution in [-0.4, -0.2) is 22.1 Å². The molecule has 9 rings (SSSR count). The van der Waals surface area contributed by atoms with Crippen LogP contribution in [0.3, 0.4) is 0 Å². The second-order valence-electron chi connectivity index (χ2n) is 13.8. The van der Waals surface area contributed by atoms with Gasteiger partial charge in [-0.05, 0) is 125 Å². The average Bonchev–Trinajstić information content (AvgIpc) is 2.73. The molecular formula is C28H42N2S2. The molecule has 2 nitrogen and oxygen atoms in total. The highest BCUT2D eigenvalue weighted by atomic mass is 32.1. The van der Waals surface area contributed by atoms with Gasteiger partial charge in [-0.1, -0.05) is 37.3 Å². The van der Waals surface area contributed by atoms with Crippen molar-refractivity contribution >= 4 is 34.4 Å². The van der Waals surface area contributed by atoms with Gasteiger partial charge in [0.05, 0.1) is 9.98 Å². The molecule has 0 heterocycles. The Morgan fingerprint density at radius 1 is 0.500 bits per heavy atom. The molecule has 0 amide bonds. The fraction of sp³-hybridized carbons (Fsp3) is 0.929. The minimum atomic E-state index is 0.340. The summed E-state index contributed by atoms with van der Waals surface area (Å²) in [4.78, 5) is 2.49. The summed E-state index contributed by atoms with van der Waals surface area (Å²) >= 11 is 12.5. The average molecular weight is 471 g/mol. The van der Waals surface area contributed by atoms with Crippen molar-refractivity contribution in [2.75, 3.05) is 0 Å². The van der Waals surface area contributed by atoms with E-state index in [1.165, 1.54) is 113 Å². The first-order valence-electron chi connectivity index (χ1n) is 14.1. The van der Waals surface area contributed by atoms with E-state index < -0.39 is 0 Å². The van der Waals surface area contributed by atoms with Crippen LogP contribution < -0.4 is 10.6 Å². The monoisotopic (exact) mass is 470 g/mol. The molecule has 2 unspecified atom stereocenters. The minimum absolute atomic E-state index is 0.340. The van der Waals surface area contributed by atoms with Crippen LogP contribution in [0.5, 0.6) is 0 Å². The van der Waals surface area contributed by atoms with Gasteiger partial charge >= 0.3 is 0 Å². The van der Waals surface area contributed by atoms with E-state index in [0.29, 0.717) is 22.9 Å². The van der Waals surface area contributed by atoms with Crippen LogP contribution in [0.25, 0.3) is 0 Å². The lowest BCUT2D eigenvalue weighted by atomic mass is 9.49. The second-order valence-corrected chi connectivity index (χ2v) is 14.7. The molecule has 0 aromatic heterocycles. The van der Waals surface area contributed by atoms with Gasteiger partial charge in [0.25, 0.3) is 0 Å². The Morgan fingerprint density at radius 2 is 0.781 bits per heavy atom. The van der Waals surface area contributed by atoms with E-state index in [9.17, 15) is 0 Å². The first-order valence-corrected chi connectivity index (χ1v) is 14.9. The molecule has 2 atom stereocenters. The van der Waals surface area contributed by atoms with Crippen LogP contribution in [0.15, 0.2) is 0 Å². The molecule has 0 spiro atoms. The molecule has 9 aliphatic rings. The molecule has 0 aromatic rings. The molecule has 0 radical (unpaired) electrons. The van der Waals surface area contributed by atoms with Gasteiger partial charge in [-0.25, -0.2) is 0 Å². The van der Waals surface area contributed by atoms with Crippen LogP contribution in [0.2, 0.25) is 0 Å². The lowest BCUT2D eigenvalue weighted by molar-refractivity contribution is -0.0141. The minimum Gasteiger partial charge on any atom is -0.374 e. The zero-order chi connectivity index (χ0) is 21.5. The third kappa shape index (κ3) is 3.43. The summed E-state index contributed by atoms with van der Waals surface area (Å²) in [6.45, 7) is 0. The van der Waals surface area contributed by atoms with Gasteiger partial charge in [0.2, 0.25) is 0 Å². The van der Waals surface area contributed by atoms with Gasteiger partial charge in [0, 0.05) is 22.9 Å². The summed E-state index contributed by atoms with van der Waals surface area (Å²) in [6.07, 6.45) is 22.4. The highest BCUT2D eigenvalue weighted by molar-refractivity contribution is 7.80. The molecule has 9 saturated carbocycles. The molecule has 8 bridgehead atoms. The zero-order valence-electron chi connectivity index (χ0n) is 19.7. The lowest BCUT2D eigenvalue weighted by Gasteiger charge is -2.58. The molecular weight excluding hydrogens is 428 g/mol. The van der Waals surface area contributed by atoms with Gasteiger partial charge in [-0.15, -0.1) is 0 Å². The van der Waals surface area contributed by atoms with Crippen LogP contribution in [0, 0.1) is 46.3 Å². The van der Waals surface area contributed by atoms with E-state index in [1.54, 1.807) is 0 Å². The Kier molecular flexibility index (Phi) is 5.04. The number of nitrogens with one attached hydrogen (secondary N) is 2. The van der Waals surface area contributed by atoms with Crippen LogP contribution >= 0.6 is 24.4 Å². The van der Waals surface area contributed by atoms with Crippen LogP contribution in [0.1, 0.15) is 103 Å². The highest BCUT2D eigenvalue weighted by Crippen LogP contribution is 2.61. The number of rotatable bonds is 4. The molecule has 176 valence electrons. The zero-order valence-corrected chi connectivity index (χ0v) is 21.4. The molecule has 4 heteroatoms. The number of hydrogen-bond donors (Lipinski definition) is 2. The molecule has 0 aliphatic heterocycles. The van der Waals surface area contributed by atoms with Crippen LogP contribution in [-0.2, 0) is 0 Å². The lowest BCUT2D eigenvalue weighted by Crippen LogP contribution is -2.61. The Morgan fingerprint density at radius 3 is 1.06 bits per heavy atom. The predicted molar refractivity (Wildman–Crippen MR) is 139 cm³/mol. The maximum Gasteiger partial charge on any atom is 0.0819 e. The predicted octanol–water partition coefficient (Wildman–Crippen LogP) is 6.56. The van der Waals surface area contributed by atoms with Crippen molar-refractivity contribution < 1.29 is 0 Å². The largest absolute Gasteiger partial charge is 0.374 e. The Bertz CT molecular complexity index is 667. The SMILES string of the molecule is S=C(NC1CCCCC1NC(=S)C12CC3CC(CC(C3)C1)C2)C12CC3CC(CC(C3)C1)C2. The first-order chi connectivity index (χ1) is 15.5. The highest BCUT2D eigenvalue weighted by Gasteiger charge is 2.55. The summed E-state index contributed by atoms with van der Waals surface area (Å²) in [5.74, 6) is 5.78. The number of thiocarbonyl (C=S) groups is 2. The Labute approximate surface area is 205 Å². The fourth-order valence-electron chi connectivity index (χ4n) is 10.9. The summed E-state index contributed by atoms with van der Waals surface area (Å²) in [7, 11) is 0. The van der Waals surface area contributed by atoms with Crippen molar-refractivity contribution in [1.82, 2.24) is 10.6 Å². The normalized spacial score (nSPS) is 52.8. The van der Waals surface area contributed by atoms with Gasteiger partial charge in [0.15, 0.2) is 0 Å². The van der Waals surface area contributed by atoms with Crippen molar-refractivity contribution in [3.63, 3.8) is 0 Å². The van der Waals surface area contributed by atoms with E-state index in [4.69, 9.17) is 24.4 Å². The third-order valence-corrected chi connectivity index (χ3v) is 12.5. The summed E-state index contributed by atoms with van der Waals surface area (Å²) in [5, 5.41) is 8.03. The maximum absolute atomic E-state index is 6.24. The van der Waals surface area contributed by atoms with Crippen molar-refractivity contribution in [3.05, 3.63) is 0 Å². The van der Waals surface area contributed by atoms with Crippen LogP contribution in [0.4, 0.5) is 0 Å². The van der Waals surface area contributed by atoms with Crippen molar-refractivity contribution in [2.24, 2.45) is 46.3 Å². The van der Waals surface area contributed by atoms with Gasteiger partial charge in [-0.3, -0.25) is 0 Å². The topological polar surface area (TPSA) is 24.1 Å². The molecule has 0 aromatic carbocycles. The standard InChI is InChI=1S/C28H42N2S2/c31-25(27-11-17-5-18(12-27)7-19(6-17)13-27)29-23-3-1-2-4-24(23)30-26(32)28-14-20-8-21(15-28)10-22(9-20)16-28/h17-24H,1-16H2,(H,29,31)(H,30,32). The van der Waals surface area contributed by atoms with E-state index in [1.807, 2.05) is 0 Å². The third-order valence-electron chi connectivity index (χ3n) is 11.4. The van der Waals surface area contributed by atoms with Gasteiger partial charge in [-0.2, -0.15) is 0 Å². The summed E-state index contributed by atoms with van der Waals surface area (Å²) < 4.78 is 0. The maximum atomic E-state index is 6.24. The van der Waals surface area contributed by atoms with Crippen molar-refractivity contribution in [3.8, 4) is 0 Å². The Balaban J connectivity index is 1.05. The van der Waals surface area contributed by atoms with Crippen molar-refractivity contribution in [1.29, 1.82) is 0 Å². The molecule has 2 N–H and O–H groups in total. The van der Waals surface area contributed by atoms with Gasteiger partial charge in [0.1, 0.15) is 0 Å². The van der Waals surface area contributed by atoms with E-state index >= 15 is 0 Å². The quantitative estimate of drug-likeness (QED) is 0.454. The fourth-order valence-corrected chi connectivity index (χ4v) is 11.7. The first kappa shape index (κ1) is 21.1. The molecule has 32 heavy (non-hydrogen) atoms. The van der Waals surface area contributed by atoms with Gasteiger partial charge < -0.3 is 10.6 Å². The Hall–Kier alpha value is -0.220. The molecule has 0 saturated heterocycles. The van der Waals surface area contributed by atoms with Crippen molar-refractivity contribution in [2.45, 2.75) is 115 Å². The second kappa shape index (κ2) is 7.64. The number of hydrogen-bond acceptors (Lipinski definition) is 2. The van der Waals surface area contributed by atoms with E-state index in [0.717, 1.165) is 35.5 Å². The molecule has 9 fully saturated rings. The smallest absolute Gasteiger partial charge is 0.0819 e.